The Morgan fingerprint density at radius 3 is 2.64 bits per heavy atom. The van der Waals surface area contributed by atoms with Crippen molar-refractivity contribution in [2.75, 3.05) is 11.9 Å². The Hall–Kier alpha value is -2.33. The van der Waals surface area contributed by atoms with Crippen molar-refractivity contribution in [3.8, 4) is 11.1 Å². The summed E-state index contributed by atoms with van der Waals surface area (Å²) in [6.07, 6.45) is 2.23. The number of hydrogen-bond donors (Lipinski definition) is 2. The molecule has 1 fully saturated rings. The Balaban J connectivity index is 1.97. The maximum Gasteiger partial charge on any atom is 0.409 e. The van der Waals surface area contributed by atoms with Crippen molar-refractivity contribution in [2.45, 2.75) is 45.2 Å². The zero-order valence-electron chi connectivity index (χ0n) is 14.9. The van der Waals surface area contributed by atoms with Crippen molar-refractivity contribution in [3.63, 3.8) is 0 Å². The summed E-state index contributed by atoms with van der Waals surface area (Å²) < 4.78 is 0. The number of nitrogens with one attached hydrogen (secondary N) is 1. The quantitative estimate of drug-likeness (QED) is 0.818. The molecule has 1 heterocycles. The fourth-order valence-electron chi connectivity index (χ4n) is 3.89. The van der Waals surface area contributed by atoms with E-state index in [2.05, 4.69) is 30.1 Å². The van der Waals surface area contributed by atoms with Gasteiger partial charge in [-0.05, 0) is 50.8 Å². The maximum absolute atomic E-state index is 11.4. The number of carbonyl (C=O) groups is 1. The molecule has 1 saturated heterocycles. The Kier molecular flexibility index (Phi) is 5.39. The second-order valence-electron chi connectivity index (χ2n) is 6.97. The van der Waals surface area contributed by atoms with Crippen LogP contribution in [0.1, 0.15) is 32.3 Å². The van der Waals surface area contributed by atoms with Crippen LogP contribution >= 0.6 is 0 Å². The number of anilines is 1. The number of carboxylic acid groups (broad SMARTS) is 1. The Bertz CT molecular complexity index is 728. The van der Waals surface area contributed by atoms with Crippen molar-refractivity contribution >= 4 is 11.8 Å². The highest BCUT2D eigenvalue weighted by molar-refractivity contribution is 5.92. The molecule has 1 unspecified atom stereocenters. The van der Waals surface area contributed by atoms with E-state index in [1.807, 2.05) is 42.5 Å². The number of rotatable bonds is 5. The van der Waals surface area contributed by atoms with Gasteiger partial charge in [-0.15, -0.1) is 0 Å². The van der Waals surface area contributed by atoms with Gasteiger partial charge < -0.3 is 5.11 Å². The number of para-hydroxylation sites is 1. The predicted octanol–water partition coefficient (Wildman–Crippen LogP) is 4.86. The van der Waals surface area contributed by atoms with Crippen LogP contribution in [0.5, 0.6) is 0 Å². The first kappa shape index (κ1) is 17.5. The summed E-state index contributed by atoms with van der Waals surface area (Å²) in [7, 11) is 0. The first-order chi connectivity index (χ1) is 12.1. The van der Waals surface area contributed by atoms with E-state index in [1.165, 1.54) is 12.8 Å². The number of benzene rings is 2. The molecule has 1 amide bonds. The summed E-state index contributed by atoms with van der Waals surface area (Å²) in [5.74, 6) is 0. The molecule has 0 aromatic heterocycles. The van der Waals surface area contributed by atoms with Gasteiger partial charge in [-0.3, -0.25) is 10.2 Å². The van der Waals surface area contributed by atoms with Crippen molar-refractivity contribution in [1.29, 1.82) is 0 Å². The van der Waals surface area contributed by atoms with E-state index >= 15 is 0 Å². The van der Waals surface area contributed by atoms with Gasteiger partial charge >= 0.3 is 6.09 Å². The summed E-state index contributed by atoms with van der Waals surface area (Å²) in [6, 6.07) is 17.0. The molecule has 0 bridgehead atoms. The van der Waals surface area contributed by atoms with Crippen LogP contribution in [-0.2, 0) is 6.42 Å². The van der Waals surface area contributed by atoms with Crippen LogP contribution in [0.4, 0.5) is 10.5 Å². The summed E-state index contributed by atoms with van der Waals surface area (Å²) >= 11 is 0. The van der Waals surface area contributed by atoms with Crippen molar-refractivity contribution in [2.24, 2.45) is 0 Å². The minimum absolute atomic E-state index is 0.473. The van der Waals surface area contributed by atoms with E-state index in [1.54, 1.807) is 0 Å². The maximum atomic E-state index is 11.4. The van der Waals surface area contributed by atoms with Gasteiger partial charge in [-0.1, -0.05) is 48.5 Å². The SMILES string of the molecule is CC(C)N1CCCC1Cc1cccc(-c2ccccc2)c1NC(=O)O. The zero-order chi connectivity index (χ0) is 17.8. The highest BCUT2D eigenvalue weighted by Gasteiger charge is 2.27. The fraction of sp³-hybridized carbons (Fsp3) is 0.381. The van der Waals surface area contributed by atoms with Gasteiger partial charge in [0.25, 0.3) is 0 Å². The summed E-state index contributed by atoms with van der Waals surface area (Å²) in [6.45, 7) is 5.59. The first-order valence-electron chi connectivity index (χ1n) is 8.99. The van der Waals surface area contributed by atoms with Crippen LogP contribution in [0, 0.1) is 0 Å². The molecule has 25 heavy (non-hydrogen) atoms. The van der Waals surface area contributed by atoms with Crippen LogP contribution in [0.3, 0.4) is 0 Å². The molecular weight excluding hydrogens is 312 g/mol. The van der Waals surface area contributed by atoms with Gasteiger partial charge in [0.2, 0.25) is 0 Å². The molecule has 2 aromatic rings. The van der Waals surface area contributed by atoms with Crippen LogP contribution in [0.15, 0.2) is 48.5 Å². The third kappa shape index (κ3) is 4.02. The van der Waals surface area contributed by atoms with E-state index in [0.29, 0.717) is 12.1 Å². The second-order valence-corrected chi connectivity index (χ2v) is 6.97. The molecule has 1 aliphatic heterocycles. The normalized spacial score (nSPS) is 17.8. The number of likely N-dealkylation sites (tertiary alicyclic amines) is 1. The smallest absolute Gasteiger partial charge is 0.409 e. The van der Waals surface area contributed by atoms with Crippen molar-refractivity contribution < 1.29 is 9.90 Å². The summed E-state index contributed by atoms with van der Waals surface area (Å²) in [4.78, 5) is 13.9. The van der Waals surface area contributed by atoms with Crippen molar-refractivity contribution in [1.82, 2.24) is 4.90 Å². The van der Waals surface area contributed by atoms with E-state index in [9.17, 15) is 9.90 Å². The number of hydrogen-bond acceptors (Lipinski definition) is 2. The average Bonchev–Trinajstić information content (AvgIpc) is 3.05. The summed E-state index contributed by atoms with van der Waals surface area (Å²) in [5.41, 5.74) is 3.76. The molecule has 4 heteroatoms. The third-order valence-electron chi connectivity index (χ3n) is 5.01. The lowest BCUT2D eigenvalue weighted by Gasteiger charge is -2.29. The molecule has 0 saturated carbocycles. The topological polar surface area (TPSA) is 52.6 Å². The van der Waals surface area contributed by atoms with Crippen LogP contribution < -0.4 is 5.32 Å². The van der Waals surface area contributed by atoms with Gasteiger partial charge in [0, 0.05) is 17.6 Å². The number of amides is 1. The standard InChI is InChI=1S/C21H26N2O2/c1-15(2)23-13-7-11-18(23)14-17-10-6-12-19(20(17)22-21(24)25)16-8-4-3-5-9-16/h3-6,8-10,12,15,18,22H,7,11,13-14H2,1-2H3,(H,24,25). The number of nitrogens with zero attached hydrogens (tertiary/aromatic N) is 1. The molecule has 0 radical (unpaired) electrons. The predicted molar refractivity (Wildman–Crippen MR) is 102 cm³/mol. The highest BCUT2D eigenvalue weighted by atomic mass is 16.4. The Labute approximate surface area is 149 Å². The van der Waals surface area contributed by atoms with Gasteiger partial charge in [-0.2, -0.15) is 0 Å². The monoisotopic (exact) mass is 338 g/mol. The lowest BCUT2D eigenvalue weighted by Crippen LogP contribution is -2.36. The van der Waals surface area contributed by atoms with E-state index < -0.39 is 6.09 Å². The zero-order valence-corrected chi connectivity index (χ0v) is 14.9. The molecular formula is C21H26N2O2. The molecule has 132 valence electrons. The molecule has 1 atom stereocenters. The largest absolute Gasteiger partial charge is 0.465 e. The van der Waals surface area contributed by atoms with E-state index in [0.717, 1.165) is 35.3 Å². The van der Waals surface area contributed by atoms with Crippen LogP contribution in [0.25, 0.3) is 11.1 Å². The lowest BCUT2D eigenvalue weighted by molar-refractivity contribution is 0.202. The molecule has 2 aromatic carbocycles. The van der Waals surface area contributed by atoms with E-state index in [4.69, 9.17) is 0 Å². The molecule has 0 spiro atoms. The fourth-order valence-corrected chi connectivity index (χ4v) is 3.89. The van der Waals surface area contributed by atoms with Gasteiger partial charge in [-0.25, -0.2) is 4.79 Å². The Morgan fingerprint density at radius 2 is 1.96 bits per heavy atom. The highest BCUT2D eigenvalue weighted by Crippen LogP contribution is 2.34. The van der Waals surface area contributed by atoms with Gasteiger partial charge in [0.1, 0.15) is 0 Å². The molecule has 2 N–H and O–H groups in total. The first-order valence-corrected chi connectivity index (χ1v) is 8.99. The van der Waals surface area contributed by atoms with Gasteiger partial charge in [0.15, 0.2) is 0 Å². The average molecular weight is 338 g/mol. The minimum Gasteiger partial charge on any atom is -0.465 e. The summed E-state index contributed by atoms with van der Waals surface area (Å²) in [5, 5.41) is 12.0. The third-order valence-corrected chi connectivity index (χ3v) is 5.01. The molecule has 1 aliphatic rings. The van der Waals surface area contributed by atoms with Crippen LogP contribution in [-0.4, -0.2) is 34.7 Å². The second kappa shape index (κ2) is 7.70. The van der Waals surface area contributed by atoms with Gasteiger partial charge in [0.05, 0.1) is 5.69 Å². The van der Waals surface area contributed by atoms with E-state index in [-0.39, 0.29) is 0 Å². The lowest BCUT2D eigenvalue weighted by atomic mass is 9.95. The van der Waals surface area contributed by atoms with Crippen LogP contribution in [0.2, 0.25) is 0 Å². The molecule has 3 rings (SSSR count). The van der Waals surface area contributed by atoms with Crippen molar-refractivity contribution in [3.05, 3.63) is 54.1 Å². The minimum atomic E-state index is -1.02. The molecule has 4 nitrogen and oxygen atoms in total. The molecule has 0 aliphatic carbocycles. The Morgan fingerprint density at radius 1 is 1.20 bits per heavy atom.